The number of hydrogen-bond donors (Lipinski definition) is 2. The van der Waals surface area contributed by atoms with Crippen molar-refractivity contribution in [3.63, 3.8) is 0 Å². The van der Waals surface area contributed by atoms with Gasteiger partial charge in [-0.15, -0.1) is 0 Å². The summed E-state index contributed by atoms with van der Waals surface area (Å²) in [6, 6.07) is 6.63. The summed E-state index contributed by atoms with van der Waals surface area (Å²) in [5.74, 6) is 2.93. The smallest absolute Gasteiger partial charge is 0.231 e. The van der Waals surface area contributed by atoms with E-state index in [0.717, 1.165) is 70.0 Å². The second-order valence-electron chi connectivity index (χ2n) is 8.19. The van der Waals surface area contributed by atoms with Crippen LogP contribution in [0.15, 0.2) is 18.2 Å². The largest absolute Gasteiger partial charge is 0.454 e. The maximum absolute atomic E-state index is 13.0. The van der Waals surface area contributed by atoms with Gasteiger partial charge in [0.1, 0.15) is 0 Å². The molecule has 1 saturated carbocycles. The zero-order valence-corrected chi connectivity index (χ0v) is 15.7. The zero-order chi connectivity index (χ0) is 18.2. The van der Waals surface area contributed by atoms with Crippen molar-refractivity contribution in [1.29, 1.82) is 0 Å². The van der Waals surface area contributed by atoms with Gasteiger partial charge in [-0.25, -0.2) is 0 Å². The summed E-state index contributed by atoms with van der Waals surface area (Å²) in [5.41, 5.74) is 7.83. The van der Waals surface area contributed by atoms with Gasteiger partial charge in [0.25, 0.3) is 0 Å². The third kappa shape index (κ3) is 3.51. The number of carbonyl (C=O) groups excluding carboxylic acids is 1. The quantitative estimate of drug-likeness (QED) is 0.824. The molecule has 3 heterocycles. The first-order chi connectivity index (χ1) is 13.3. The van der Waals surface area contributed by atoms with E-state index < -0.39 is 0 Å². The van der Waals surface area contributed by atoms with E-state index in [4.69, 9.17) is 9.47 Å². The molecule has 3 aliphatic heterocycles. The number of nitrogens with zero attached hydrogens (tertiary/aromatic N) is 2. The summed E-state index contributed by atoms with van der Waals surface area (Å²) < 4.78 is 10.8. The van der Waals surface area contributed by atoms with Crippen LogP contribution in [0.5, 0.6) is 11.5 Å². The predicted octanol–water partition coefficient (Wildman–Crippen LogP) is 0.952. The minimum Gasteiger partial charge on any atom is -0.454 e. The Morgan fingerprint density at radius 2 is 1.96 bits per heavy atom. The normalized spacial score (nSPS) is 30.4. The minimum absolute atomic E-state index is 0.194. The standard InChI is InChI=1S/C20H28N4O3/c25-20(15-2-3-16-11-21-22-17(16)10-15)24-7-5-23(6-8-24)12-14-1-4-18-19(9-14)27-13-26-18/h1,4,9,15-17,21-22H,2-3,5-8,10-13H2. The van der Waals surface area contributed by atoms with Gasteiger partial charge in [-0.3, -0.25) is 20.5 Å². The lowest BCUT2D eigenvalue weighted by molar-refractivity contribution is -0.138. The van der Waals surface area contributed by atoms with Gasteiger partial charge in [0, 0.05) is 51.2 Å². The molecule has 0 bridgehead atoms. The summed E-state index contributed by atoms with van der Waals surface area (Å²) in [6.07, 6.45) is 3.18. The molecule has 7 heteroatoms. The lowest BCUT2D eigenvalue weighted by atomic mass is 9.78. The fraction of sp³-hybridized carbons (Fsp3) is 0.650. The monoisotopic (exact) mass is 372 g/mol. The Kier molecular flexibility index (Phi) is 4.67. The van der Waals surface area contributed by atoms with Crippen LogP contribution in [0.4, 0.5) is 0 Å². The van der Waals surface area contributed by atoms with Gasteiger partial charge in [-0.05, 0) is 42.9 Å². The van der Waals surface area contributed by atoms with Crippen LogP contribution in [-0.4, -0.2) is 61.3 Å². The number of nitrogens with one attached hydrogen (secondary N) is 2. The molecule has 146 valence electrons. The third-order valence-corrected chi connectivity index (χ3v) is 6.52. The molecule has 27 heavy (non-hydrogen) atoms. The van der Waals surface area contributed by atoms with E-state index in [0.29, 0.717) is 24.7 Å². The van der Waals surface area contributed by atoms with E-state index >= 15 is 0 Å². The Morgan fingerprint density at radius 3 is 2.85 bits per heavy atom. The van der Waals surface area contributed by atoms with Gasteiger partial charge in [0.2, 0.25) is 12.7 Å². The number of rotatable bonds is 3. The highest BCUT2D eigenvalue weighted by molar-refractivity contribution is 5.79. The van der Waals surface area contributed by atoms with Crippen molar-refractivity contribution in [2.45, 2.75) is 31.8 Å². The fourth-order valence-electron chi connectivity index (χ4n) is 4.88. The number of amides is 1. The zero-order valence-electron chi connectivity index (χ0n) is 15.7. The second-order valence-corrected chi connectivity index (χ2v) is 8.19. The SMILES string of the molecule is O=C(C1CCC2CNNC2C1)N1CCN(Cc2ccc3c(c2)OCO3)CC1. The number of hydrogen-bond acceptors (Lipinski definition) is 6. The number of benzene rings is 1. The summed E-state index contributed by atoms with van der Waals surface area (Å²) >= 11 is 0. The molecule has 3 fully saturated rings. The first-order valence-electron chi connectivity index (χ1n) is 10.1. The second kappa shape index (κ2) is 7.30. The van der Waals surface area contributed by atoms with E-state index in [1.807, 2.05) is 6.07 Å². The molecule has 1 aromatic rings. The van der Waals surface area contributed by atoms with Gasteiger partial charge in [-0.2, -0.15) is 0 Å². The highest BCUT2D eigenvalue weighted by Gasteiger charge is 2.38. The molecule has 7 nitrogen and oxygen atoms in total. The number of fused-ring (bicyclic) bond motifs is 2. The first-order valence-corrected chi connectivity index (χ1v) is 10.1. The Balaban J connectivity index is 1.13. The molecular weight excluding hydrogens is 344 g/mol. The van der Waals surface area contributed by atoms with Crippen molar-refractivity contribution in [3.05, 3.63) is 23.8 Å². The number of hydrazine groups is 1. The molecular formula is C20H28N4O3. The van der Waals surface area contributed by atoms with Gasteiger partial charge < -0.3 is 14.4 Å². The van der Waals surface area contributed by atoms with Crippen LogP contribution in [0.25, 0.3) is 0 Å². The Bertz CT molecular complexity index is 704. The molecule has 3 unspecified atom stereocenters. The molecule has 1 aliphatic carbocycles. The molecule has 1 aromatic carbocycles. The number of carbonyl (C=O) groups is 1. The Labute approximate surface area is 159 Å². The molecule has 0 spiro atoms. The van der Waals surface area contributed by atoms with Crippen LogP contribution in [-0.2, 0) is 11.3 Å². The van der Waals surface area contributed by atoms with Crippen molar-refractivity contribution in [2.75, 3.05) is 39.5 Å². The molecule has 2 saturated heterocycles. The summed E-state index contributed by atoms with van der Waals surface area (Å²) in [4.78, 5) is 17.5. The maximum atomic E-state index is 13.0. The van der Waals surface area contributed by atoms with Crippen LogP contribution in [0.3, 0.4) is 0 Å². The van der Waals surface area contributed by atoms with E-state index in [9.17, 15) is 4.79 Å². The average molecular weight is 372 g/mol. The molecule has 0 radical (unpaired) electrons. The van der Waals surface area contributed by atoms with Crippen LogP contribution in [0, 0.1) is 11.8 Å². The van der Waals surface area contributed by atoms with Crippen molar-refractivity contribution in [3.8, 4) is 11.5 Å². The first kappa shape index (κ1) is 17.3. The van der Waals surface area contributed by atoms with Crippen molar-refractivity contribution in [2.24, 2.45) is 11.8 Å². The maximum Gasteiger partial charge on any atom is 0.231 e. The molecule has 1 amide bonds. The van der Waals surface area contributed by atoms with Crippen LogP contribution in [0.1, 0.15) is 24.8 Å². The Hall–Kier alpha value is -1.83. The van der Waals surface area contributed by atoms with E-state index in [-0.39, 0.29) is 5.92 Å². The predicted molar refractivity (Wildman–Crippen MR) is 100 cm³/mol. The van der Waals surface area contributed by atoms with E-state index in [1.54, 1.807) is 0 Å². The van der Waals surface area contributed by atoms with Crippen molar-refractivity contribution >= 4 is 5.91 Å². The van der Waals surface area contributed by atoms with Crippen molar-refractivity contribution in [1.82, 2.24) is 20.7 Å². The molecule has 0 aromatic heterocycles. The summed E-state index contributed by atoms with van der Waals surface area (Å²) in [6.45, 7) is 5.77. The number of piperazine rings is 1. The highest BCUT2D eigenvalue weighted by Crippen LogP contribution is 2.33. The highest BCUT2D eigenvalue weighted by atomic mass is 16.7. The molecule has 3 atom stereocenters. The topological polar surface area (TPSA) is 66.1 Å². The van der Waals surface area contributed by atoms with Crippen molar-refractivity contribution < 1.29 is 14.3 Å². The van der Waals surface area contributed by atoms with Crippen LogP contribution in [0.2, 0.25) is 0 Å². The van der Waals surface area contributed by atoms with Gasteiger partial charge in [0.15, 0.2) is 11.5 Å². The van der Waals surface area contributed by atoms with Crippen LogP contribution >= 0.6 is 0 Å². The van der Waals surface area contributed by atoms with Gasteiger partial charge >= 0.3 is 0 Å². The summed E-state index contributed by atoms with van der Waals surface area (Å²) in [7, 11) is 0. The van der Waals surface area contributed by atoms with Gasteiger partial charge in [0.05, 0.1) is 0 Å². The lowest BCUT2D eigenvalue weighted by Crippen LogP contribution is -2.51. The van der Waals surface area contributed by atoms with Crippen LogP contribution < -0.4 is 20.3 Å². The summed E-state index contributed by atoms with van der Waals surface area (Å²) in [5, 5.41) is 0. The minimum atomic E-state index is 0.194. The van der Waals surface area contributed by atoms with E-state index in [1.165, 1.54) is 5.56 Å². The third-order valence-electron chi connectivity index (χ3n) is 6.52. The number of ether oxygens (including phenoxy) is 2. The Morgan fingerprint density at radius 1 is 1.11 bits per heavy atom. The molecule has 5 rings (SSSR count). The average Bonchev–Trinajstić information content (AvgIpc) is 3.36. The van der Waals surface area contributed by atoms with Gasteiger partial charge in [-0.1, -0.05) is 6.07 Å². The lowest BCUT2D eigenvalue weighted by Gasteiger charge is -2.38. The van der Waals surface area contributed by atoms with E-state index in [2.05, 4.69) is 32.8 Å². The fourth-order valence-corrected chi connectivity index (χ4v) is 4.88. The molecule has 2 N–H and O–H groups in total. The molecule has 4 aliphatic rings.